The first-order valence-corrected chi connectivity index (χ1v) is 6.59. The van der Waals surface area contributed by atoms with E-state index >= 15 is 0 Å². The maximum Gasteiger partial charge on any atom is 0.328 e. The lowest BCUT2D eigenvalue weighted by molar-refractivity contribution is -0.159. The van der Waals surface area contributed by atoms with Gasteiger partial charge in [0.1, 0.15) is 11.6 Å². The van der Waals surface area contributed by atoms with E-state index in [-0.39, 0.29) is 0 Å². The van der Waals surface area contributed by atoms with Crippen LogP contribution in [0.5, 0.6) is 0 Å². The molecule has 2 N–H and O–H groups in total. The Kier molecular flexibility index (Phi) is 4.20. The van der Waals surface area contributed by atoms with Crippen LogP contribution in [-0.4, -0.2) is 5.97 Å². The van der Waals surface area contributed by atoms with Crippen LogP contribution in [0.15, 0.2) is 60.7 Å². The van der Waals surface area contributed by atoms with Crippen LogP contribution in [0, 0.1) is 0 Å². The minimum Gasteiger partial charge on any atom is -0.453 e. The Balaban J connectivity index is 2.11. The molecule has 2 aromatic rings. The normalized spacial score (nSPS) is 12.8. The molecular weight excluding hydrogens is 250 g/mol. The Bertz CT molecular complexity index is 564. The summed E-state index contributed by atoms with van der Waals surface area (Å²) in [5, 5.41) is 0. The van der Waals surface area contributed by atoms with Gasteiger partial charge >= 0.3 is 5.97 Å². The molecule has 2 aromatic carbocycles. The van der Waals surface area contributed by atoms with Crippen LogP contribution >= 0.6 is 0 Å². The Morgan fingerprint density at radius 3 is 2.05 bits per heavy atom. The maximum absolute atomic E-state index is 12.2. The number of esters is 1. The van der Waals surface area contributed by atoms with Gasteiger partial charge in [-0.05, 0) is 25.0 Å². The summed E-state index contributed by atoms with van der Waals surface area (Å²) in [6.45, 7) is 3.72. The number of carbonyl (C=O) groups is 1. The zero-order valence-electron chi connectivity index (χ0n) is 11.7. The topological polar surface area (TPSA) is 52.3 Å². The van der Waals surface area contributed by atoms with Crippen molar-refractivity contribution in [3.05, 3.63) is 71.8 Å². The summed E-state index contributed by atoms with van der Waals surface area (Å²) in [6.07, 6.45) is 0. The Labute approximate surface area is 119 Å². The minimum atomic E-state index is -0.765. The highest BCUT2D eigenvalue weighted by molar-refractivity contribution is 5.77. The molecule has 3 heteroatoms. The van der Waals surface area contributed by atoms with Gasteiger partial charge in [0.15, 0.2) is 0 Å². The molecule has 0 aliphatic rings. The molecule has 0 spiro atoms. The molecule has 0 saturated carbocycles. The Morgan fingerprint density at radius 2 is 1.50 bits per heavy atom. The van der Waals surface area contributed by atoms with E-state index in [4.69, 9.17) is 10.5 Å². The maximum atomic E-state index is 12.2. The molecule has 0 heterocycles. The summed E-state index contributed by atoms with van der Waals surface area (Å²) < 4.78 is 5.58. The van der Waals surface area contributed by atoms with Gasteiger partial charge in [0.2, 0.25) is 0 Å². The van der Waals surface area contributed by atoms with Crippen molar-refractivity contribution >= 4 is 5.97 Å². The minimum absolute atomic E-state index is 0.426. The molecule has 0 amide bonds. The molecule has 0 bridgehead atoms. The highest BCUT2D eigenvalue weighted by Crippen LogP contribution is 2.26. The number of hydrogen-bond acceptors (Lipinski definition) is 3. The van der Waals surface area contributed by atoms with Crippen molar-refractivity contribution in [1.29, 1.82) is 0 Å². The lowest BCUT2D eigenvalue weighted by Crippen LogP contribution is -2.32. The molecular formula is C17H19NO2. The van der Waals surface area contributed by atoms with Crippen LogP contribution in [0.4, 0.5) is 0 Å². The molecule has 3 nitrogen and oxygen atoms in total. The van der Waals surface area contributed by atoms with Gasteiger partial charge in [-0.15, -0.1) is 0 Å². The fraction of sp³-hybridized carbons (Fsp3) is 0.235. The lowest BCUT2D eigenvalue weighted by Gasteiger charge is -2.27. The van der Waals surface area contributed by atoms with Gasteiger partial charge in [0.05, 0.1) is 0 Å². The standard InChI is InChI=1S/C17H19NO2/c1-17(2,14-11-7-4-8-12-14)20-16(19)15(18)13-9-5-3-6-10-13/h3-12,15H,18H2,1-2H3. The van der Waals surface area contributed by atoms with E-state index in [0.29, 0.717) is 0 Å². The summed E-state index contributed by atoms with van der Waals surface area (Å²) in [5.74, 6) is -0.426. The van der Waals surface area contributed by atoms with Gasteiger partial charge in [-0.3, -0.25) is 0 Å². The number of rotatable bonds is 4. The quantitative estimate of drug-likeness (QED) is 0.867. The van der Waals surface area contributed by atoms with Crippen molar-refractivity contribution in [2.45, 2.75) is 25.5 Å². The molecule has 0 saturated heterocycles. The van der Waals surface area contributed by atoms with Crippen LogP contribution in [0.3, 0.4) is 0 Å². The molecule has 0 aromatic heterocycles. The van der Waals surface area contributed by atoms with E-state index in [1.54, 1.807) is 0 Å². The molecule has 1 unspecified atom stereocenters. The van der Waals surface area contributed by atoms with Crippen LogP contribution in [0.1, 0.15) is 31.0 Å². The first-order chi connectivity index (χ1) is 9.50. The highest BCUT2D eigenvalue weighted by Gasteiger charge is 2.28. The fourth-order valence-electron chi connectivity index (χ4n) is 2.01. The van der Waals surface area contributed by atoms with E-state index in [9.17, 15) is 4.79 Å². The molecule has 0 fully saturated rings. The van der Waals surface area contributed by atoms with E-state index in [1.807, 2.05) is 74.5 Å². The van der Waals surface area contributed by atoms with E-state index < -0.39 is 17.6 Å². The van der Waals surface area contributed by atoms with Crippen molar-refractivity contribution in [1.82, 2.24) is 0 Å². The summed E-state index contributed by atoms with van der Waals surface area (Å²) in [4.78, 5) is 12.2. The molecule has 0 aliphatic carbocycles. The van der Waals surface area contributed by atoms with Crippen molar-refractivity contribution in [2.75, 3.05) is 0 Å². The van der Waals surface area contributed by atoms with Gasteiger partial charge in [-0.1, -0.05) is 60.7 Å². The van der Waals surface area contributed by atoms with E-state index in [2.05, 4.69) is 0 Å². The summed E-state index contributed by atoms with van der Waals surface area (Å²) >= 11 is 0. The molecule has 2 rings (SSSR count). The third-order valence-electron chi connectivity index (χ3n) is 3.24. The van der Waals surface area contributed by atoms with Crippen molar-refractivity contribution < 1.29 is 9.53 Å². The summed E-state index contributed by atoms with van der Waals surface area (Å²) in [6, 6.07) is 18.1. The summed E-state index contributed by atoms with van der Waals surface area (Å²) in [7, 11) is 0. The lowest BCUT2D eigenvalue weighted by atomic mass is 9.98. The Hall–Kier alpha value is -2.13. The number of ether oxygens (including phenoxy) is 1. The monoisotopic (exact) mass is 269 g/mol. The highest BCUT2D eigenvalue weighted by atomic mass is 16.6. The van der Waals surface area contributed by atoms with Crippen molar-refractivity contribution in [3.8, 4) is 0 Å². The predicted molar refractivity (Wildman–Crippen MR) is 78.9 cm³/mol. The number of nitrogens with two attached hydrogens (primary N) is 1. The average molecular weight is 269 g/mol. The molecule has 104 valence electrons. The van der Waals surface area contributed by atoms with Crippen molar-refractivity contribution in [2.24, 2.45) is 5.73 Å². The van der Waals surface area contributed by atoms with Gasteiger partial charge in [-0.25, -0.2) is 4.79 Å². The fourth-order valence-corrected chi connectivity index (χ4v) is 2.01. The van der Waals surface area contributed by atoms with Gasteiger partial charge in [-0.2, -0.15) is 0 Å². The number of carbonyl (C=O) groups excluding carboxylic acids is 1. The predicted octanol–water partition coefficient (Wildman–Crippen LogP) is 3.16. The second-order valence-electron chi connectivity index (χ2n) is 5.19. The zero-order chi connectivity index (χ0) is 14.6. The van der Waals surface area contributed by atoms with Crippen LogP contribution in [-0.2, 0) is 15.1 Å². The second-order valence-corrected chi connectivity index (χ2v) is 5.19. The second kappa shape index (κ2) is 5.88. The molecule has 0 aliphatic heterocycles. The molecule has 0 radical (unpaired) electrons. The van der Waals surface area contributed by atoms with Crippen LogP contribution < -0.4 is 5.73 Å². The molecule has 20 heavy (non-hydrogen) atoms. The van der Waals surface area contributed by atoms with Crippen molar-refractivity contribution in [3.63, 3.8) is 0 Å². The third-order valence-corrected chi connectivity index (χ3v) is 3.24. The van der Waals surface area contributed by atoms with Crippen LogP contribution in [0.25, 0.3) is 0 Å². The third kappa shape index (κ3) is 3.25. The first-order valence-electron chi connectivity index (χ1n) is 6.59. The van der Waals surface area contributed by atoms with E-state index in [0.717, 1.165) is 11.1 Å². The summed E-state index contributed by atoms with van der Waals surface area (Å²) in [5.41, 5.74) is 6.94. The largest absolute Gasteiger partial charge is 0.453 e. The smallest absolute Gasteiger partial charge is 0.328 e. The van der Waals surface area contributed by atoms with Gasteiger partial charge < -0.3 is 10.5 Å². The first kappa shape index (κ1) is 14.3. The van der Waals surface area contributed by atoms with Gasteiger partial charge in [0, 0.05) is 0 Å². The van der Waals surface area contributed by atoms with Crippen LogP contribution in [0.2, 0.25) is 0 Å². The average Bonchev–Trinajstić information content (AvgIpc) is 2.48. The SMILES string of the molecule is CC(C)(OC(=O)C(N)c1ccccc1)c1ccccc1. The zero-order valence-corrected chi connectivity index (χ0v) is 11.7. The van der Waals surface area contributed by atoms with Gasteiger partial charge in [0.25, 0.3) is 0 Å². The Morgan fingerprint density at radius 1 is 1.00 bits per heavy atom. The number of benzene rings is 2. The number of hydrogen-bond donors (Lipinski definition) is 1. The van der Waals surface area contributed by atoms with E-state index in [1.165, 1.54) is 0 Å². The molecule has 1 atom stereocenters.